The zero-order valence-corrected chi connectivity index (χ0v) is 20.2. The van der Waals surface area contributed by atoms with Crippen LogP contribution in [-0.4, -0.2) is 42.6 Å². The highest BCUT2D eigenvalue weighted by molar-refractivity contribution is 7.99. The minimum atomic E-state index is -0.0739. The Bertz CT molecular complexity index is 1480. The van der Waals surface area contributed by atoms with E-state index in [1.165, 1.54) is 11.8 Å². The molecule has 7 nitrogen and oxygen atoms in total. The Kier molecular flexibility index (Phi) is 5.85. The van der Waals surface area contributed by atoms with Crippen LogP contribution < -0.4 is 0 Å². The number of benzene rings is 3. The number of fused-ring (bicyclic) bond motifs is 1. The van der Waals surface area contributed by atoms with Crippen LogP contribution >= 0.6 is 23.1 Å². The van der Waals surface area contributed by atoms with E-state index in [9.17, 15) is 4.79 Å². The number of para-hydroxylation sites is 1. The van der Waals surface area contributed by atoms with Crippen molar-refractivity contribution >= 4 is 45.4 Å². The van der Waals surface area contributed by atoms with Gasteiger partial charge in [-0.25, -0.2) is 15.0 Å². The molecule has 2 aromatic heterocycles. The molecule has 0 N–H and O–H groups in total. The Balaban J connectivity index is 1.27. The molecule has 6 rings (SSSR count). The molecule has 0 aliphatic carbocycles. The van der Waals surface area contributed by atoms with Gasteiger partial charge in [0.2, 0.25) is 10.3 Å². The molecule has 0 saturated heterocycles. The lowest BCUT2D eigenvalue weighted by atomic mass is 10.0. The summed E-state index contributed by atoms with van der Waals surface area (Å²) in [7, 11) is 0. The molecule has 3 aromatic carbocycles. The zero-order valence-electron chi connectivity index (χ0n) is 18.6. The van der Waals surface area contributed by atoms with Gasteiger partial charge >= 0.3 is 0 Å². The summed E-state index contributed by atoms with van der Waals surface area (Å²) in [5.74, 6) is 0.815. The number of carbonyl (C=O) groups excluding carboxylic acids is 1. The number of thiazole rings is 1. The molecular weight excluding hydrogens is 476 g/mol. The van der Waals surface area contributed by atoms with E-state index in [-0.39, 0.29) is 17.7 Å². The highest BCUT2D eigenvalue weighted by atomic mass is 32.2. The zero-order chi connectivity index (χ0) is 23.6. The molecule has 1 atom stereocenters. The van der Waals surface area contributed by atoms with E-state index in [0.29, 0.717) is 17.4 Å². The minimum Gasteiger partial charge on any atom is -0.272 e. The van der Waals surface area contributed by atoms with E-state index in [4.69, 9.17) is 15.1 Å². The van der Waals surface area contributed by atoms with Crippen LogP contribution in [0, 0.1) is 0 Å². The van der Waals surface area contributed by atoms with Crippen molar-refractivity contribution in [2.24, 2.45) is 5.10 Å². The number of carbonyl (C=O) groups is 1. The number of aromatic nitrogens is 4. The Morgan fingerprint density at radius 1 is 0.943 bits per heavy atom. The van der Waals surface area contributed by atoms with Crippen molar-refractivity contribution in [3.05, 3.63) is 90.5 Å². The van der Waals surface area contributed by atoms with Gasteiger partial charge in [-0.15, -0.1) is 5.10 Å². The second-order valence-electron chi connectivity index (χ2n) is 7.95. The second-order valence-corrected chi connectivity index (χ2v) is 9.90. The third-order valence-electron chi connectivity index (χ3n) is 5.68. The molecule has 0 spiro atoms. The molecule has 5 aromatic rings. The molecule has 0 fully saturated rings. The van der Waals surface area contributed by atoms with E-state index in [0.717, 1.165) is 26.5 Å². The molecule has 9 heteroatoms. The van der Waals surface area contributed by atoms with Gasteiger partial charge < -0.3 is 0 Å². The van der Waals surface area contributed by atoms with Crippen LogP contribution in [0.2, 0.25) is 0 Å². The Morgan fingerprint density at radius 3 is 2.49 bits per heavy atom. The van der Waals surface area contributed by atoms with Gasteiger partial charge in [0.25, 0.3) is 5.91 Å². The number of amides is 1. The summed E-state index contributed by atoms with van der Waals surface area (Å²) in [4.78, 5) is 22.6. The van der Waals surface area contributed by atoms with Crippen molar-refractivity contribution < 1.29 is 4.79 Å². The monoisotopic (exact) mass is 496 g/mol. The largest absolute Gasteiger partial charge is 0.272 e. The van der Waals surface area contributed by atoms with Crippen molar-refractivity contribution in [2.45, 2.75) is 17.6 Å². The number of rotatable bonds is 6. The van der Waals surface area contributed by atoms with Crippen molar-refractivity contribution in [3.8, 4) is 16.5 Å². The number of nitrogens with zero attached hydrogens (tertiary/aromatic N) is 6. The number of hydrazone groups is 1. The summed E-state index contributed by atoms with van der Waals surface area (Å²) in [6.45, 7) is 0. The fraction of sp³-hybridized carbons (Fsp3) is 0.115. The first-order valence-corrected chi connectivity index (χ1v) is 13.0. The number of thioether (sulfide) groups is 1. The molecule has 0 radical (unpaired) electrons. The molecule has 1 aliphatic rings. The minimum absolute atomic E-state index is 0.0718. The highest BCUT2D eigenvalue weighted by Gasteiger charge is 2.28. The summed E-state index contributed by atoms with van der Waals surface area (Å²) in [5.41, 5.74) is 2.93. The van der Waals surface area contributed by atoms with Crippen molar-refractivity contribution in [3.63, 3.8) is 0 Å². The molecule has 1 aliphatic heterocycles. The lowest BCUT2D eigenvalue weighted by molar-refractivity contribution is -0.130. The Hall–Kier alpha value is -3.82. The maximum Gasteiger partial charge on any atom is 0.253 e. The van der Waals surface area contributed by atoms with Crippen LogP contribution in [0.3, 0.4) is 0 Å². The van der Waals surface area contributed by atoms with Gasteiger partial charge in [-0.1, -0.05) is 95.9 Å². The number of hydrogen-bond acceptors (Lipinski definition) is 7. The van der Waals surface area contributed by atoms with Crippen LogP contribution in [0.5, 0.6) is 0 Å². The molecular formula is C26H20N6OS2. The smallest absolute Gasteiger partial charge is 0.253 e. The number of hydrogen-bond donors (Lipinski definition) is 0. The van der Waals surface area contributed by atoms with Crippen molar-refractivity contribution in [1.82, 2.24) is 24.8 Å². The summed E-state index contributed by atoms with van der Waals surface area (Å²) in [6.07, 6.45) is 2.51. The molecule has 0 saturated carbocycles. The molecule has 3 heterocycles. The summed E-state index contributed by atoms with van der Waals surface area (Å²) < 4.78 is 2.85. The van der Waals surface area contributed by atoms with Crippen LogP contribution in [0.1, 0.15) is 18.0 Å². The molecule has 1 amide bonds. The molecule has 0 bridgehead atoms. The van der Waals surface area contributed by atoms with Crippen LogP contribution in [0.15, 0.2) is 95.2 Å². The summed E-state index contributed by atoms with van der Waals surface area (Å²) in [6, 6.07) is 27.8. The fourth-order valence-electron chi connectivity index (χ4n) is 4.01. The lowest BCUT2D eigenvalue weighted by Crippen LogP contribution is -2.28. The maximum absolute atomic E-state index is 13.1. The van der Waals surface area contributed by atoms with Crippen LogP contribution in [0.4, 0.5) is 0 Å². The maximum atomic E-state index is 13.1. The Morgan fingerprint density at radius 2 is 1.69 bits per heavy atom. The predicted octanol–water partition coefficient (Wildman–Crippen LogP) is 5.60. The van der Waals surface area contributed by atoms with Crippen LogP contribution in [-0.2, 0) is 4.79 Å². The van der Waals surface area contributed by atoms with Gasteiger partial charge in [-0.3, -0.25) is 4.79 Å². The first-order chi connectivity index (χ1) is 17.3. The van der Waals surface area contributed by atoms with Gasteiger partial charge in [-0.05, 0) is 17.7 Å². The van der Waals surface area contributed by atoms with Gasteiger partial charge in [0, 0.05) is 18.2 Å². The average Bonchev–Trinajstić information content (AvgIpc) is 3.66. The van der Waals surface area contributed by atoms with Crippen molar-refractivity contribution in [2.75, 3.05) is 5.75 Å². The predicted molar refractivity (Wildman–Crippen MR) is 140 cm³/mol. The van der Waals surface area contributed by atoms with E-state index >= 15 is 0 Å². The second kappa shape index (κ2) is 9.44. The molecule has 35 heavy (non-hydrogen) atoms. The van der Waals surface area contributed by atoms with E-state index in [2.05, 4.69) is 5.10 Å². The van der Waals surface area contributed by atoms with E-state index in [1.807, 2.05) is 84.9 Å². The summed E-state index contributed by atoms with van der Waals surface area (Å²) >= 11 is 2.87. The van der Waals surface area contributed by atoms with E-state index in [1.54, 1.807) is 27.2 Å². The SMILES string of the molecule is O=C(CSc1nc(-c2ccccc2)n(-c2nc3ccccc3s2)n1)N1N=CCC1c1ccccc1. The molecule has 172 valence electrons. The third kappa shape index (κ3) is 4.36. The van der Waals surface area contributed by atoms with Gasteiger partial charge in [0.1, 0.15) is 0 Å². The standard InChI is InChI=1S/C26H20N6OS2/c33-23(31-21(15-16-27-31)18-9-3-1-4-10-18)17-34-25-29-24(19-11-5-2-6-12-19)32(30-25)26-28-20-13-7-8-14-22(20)35-26/h1-14,16,21H,15,17H2. The Labute approximate surface area is 210 Å². The topological polar surface area (TPSA) is 76.3 Å². The molecule has 1 unspecified atom stereocenters. The summed E-state index contributed by atoms with van der Waals surface area (Å²) in [5, 5.41) is 11.9. The van der Waals surface area contributed by atoms with Gasteiger partial charge in [0.15, 0.2) is 5.82 Å². The van der Waals surface area contributed by atoms with E-state index < -0.39 is 0 Å². The lowest BCUT2D eigenvalue weighted by Gasteiger charge is -2.21. The quantitative estimate of drug-likeness (QED) is 0.286. The first kappa shape index (κ1) is 21.7. The average molecular weight is 497 g/mol. The van der Waals surface area contributed by atoms with Gasteiger partial charge in [-0.2, -0.15) is 9.78 Å². The van der Waals surface area contributed by atoms with Crippen LogP contribution in [0.25, 0.3) is 26.7 Å². The van der Waals surface area contributed by atoms with Crippen molar-refractivity contribution in [1.29, 1.82) is 0 Å². The van der Waals surface area contributed by atoms with Gasteiger partial charge in [0.05, 0.1) is 22.0 Å². The normalized spacial score (nSPS) is 15.2. The third-order valence-corrected chi connectivity index (χ3v) is 7.51. The first-order valence-electron chi connectivity index (χ1n) is 11.2. The highest BCUT2D eigenvalue weighted by Crippen LogP contribution is 2.31. The fourth-order valence-corrected chi connectivity index (χ4v) is 5.61.